The van der Waals surface area contributed by atoms with Gasteiger partial charge in [-0.2, -0.15) is 0 Å². The second-order valence-electron chi connectivity index (χ2n) is 3.40. The summed E-state index contributed by atoms with van der Waals surface area (Å²) in [6.45, 7) is 0.760. The standard InChI is InChI=1S/C10H8Br2INO/c11-6-1-2-9(8(13)3-6)14-5-7(12)4-10(14)15/h1-3,7H,4-5H2. The van der Waals surface area contributed by atoms with Crippen LogP contribution in [0.4, 0.5) is 5.69 Å². The summed E-state index contributed by atoms with van der Waals surface area (Å²) in [5.41, 5.74) is 1.01. The van der Waals surface area contributed by atoms with Crippen LogP contribution in [0.15, 0.2) is 22.7 Å². The number of carbonyl (C=O) groups excluding carboxylic acids is 1. The summed E-state index contributed by atoms with van der Waals surface area (Å²) in [5, 5.41) is 0. The number of anilines is 1. The zero-order valence-corrected chi connectivity index (χ0v) is 13.0. The molecule has 0 aliphatic carbocycles. The lowest BCUT2D eigenvalue weighted by molar-refractivity contribution is -0.117. The van der Waals surface area contributed by atoms with Gasteiger partial charge in [0.2, 0.25) is 5.91 Å². The van der Waals surface area contributed by atoms with Crippen molar-refractivity contribution in [3.63, 3.8) is 0 Å². The monoisotopic (exact) mass is 443 g/mol. The molecular weight excluding hydrogens is 437 g/mol. The van der Waals surface area contributed by atoms with Crippen molar-refractivity contribution in [2.24, 2.45) is 0 Å². The largest absolute Gasteiger partial charge is 0.310 e. The Bertz CT molecular complexity index is 410. The van der Waals surface area contributed by atoms with E-state index in [-0.39, 0.29) is 10.7 Å². The third kappa shape index (κ3) is 2.55. The second-order valence-corrected chi connectivity index (χ2v) is 6.77. The molecule has 1 fully saturated rings. The lowest BCUT2D eigenvalue weighted by Crippen LogP contribution is -2.25. The van der Waals surface area contributed by atoms with Crippen LogP contribution in [0.25, 0.3) is 0 Å². The fourth-order valence-electron chi connectivity index (χ4n) is 1.60. The van der Waals surface area contributed by atoms with E-state index in [0.717, 1.165) is 20.3 Å². The molecule has 1 saturated heterocycles. The third-order valence-electron chi connectivity index (χ3n) is 2.28. The molecule has 1 aliphatic rings. The summed E-state index contributed by atoms with van der Waals surface area (Å²) in [6, 6.07) is 5.96. The van der Waals surface area contributed by atoms with Crippen LogP contribution in [0.3, 0.4) is 0 Å². The van der Waals surface area contributed by atoms with Crippen LogP contribution < -0.4 is 4.90 Å². The maximum atomic E-state index is 11.7. The summed E-state index contributed by atoms with van der Waals surface area (Å²) < 4.78 is 2.13. The number of hydrogen-bond acceptors (Lipinski definition) is 1. The van der Waals surface area contributed by atoms with E-state index in [2.05, 4.69) is 54.5 Å². The molecule has 5 heteroatoms. The first kappa shape index (κ1) is 11.9. The first-order valence-corrected chi connectivity index (χ1v) is 7.26. The summed E-state index contributed by atoms with van der Waals surface area (Å²) >= 11 is 9.15. The number of nitrogens with zero attached hydrogens (tertiary/aromatic N) is 1. The van der Waals surface area contributed by atoms with Crippen molar-refractivity contribution in [2.45, 2.75) is 11.2 Å². The highest BCUT2D eigenvalue weighted by atomic mass is 127. The SMILES string of the molecule is O=C1CC(Br)CN1c1ccc(Br)cc1I. The zero-order valence-electron chi connectivity index (χ0n) is 7.71. The zero-order chi connectivity index (χ0) is 11.0. The van der Waals surface area contributed by atoms with Gasteiger partial charge in [0.15, 0.2) is 0 Å². The Labute approximate surface area is 119 Å². The molecule has 1 aliphatic heterocycles. The number of amides is 1. The molecule has 2 rings (SSSR count). The summed E-state index contributed by atoms with van der Waals surface area (Å²) in [4.78, 5) is 13.8. The molecule has 1 amide bonds. The quantitative estimate of drug-likeness (QED) is 0.479. The van der Waals surface area contributed by atoms with Gasteiger partial charge in [0, 0.05) is 25.8 Å². The first-order chi connectivity index (χ1) is 7.08. The van der Waals surface area contributed by atoms with Gasteiger partial charge in [-0.25, -0.2) is 0 Å². The molecule has 80 valence electrons. The highest BCUT2D eigenvalue weighted by Gasteiger charge is 2.29. The van der Waals surface area contributed by atoms with Crippen LogP contribution in [-0.4, -0.2) is 17.3 Å². The van der Waals surface area contributed by atoms with E-state index in [4.69, 9.17) is 0 Å². The minimum atomic E-state index is 0.192. The third-order valence-corrected chi connectivity index (χ3v) is 4.25. The Kier molecular flexibility index (Phi) is 3.72. The number of carbonyl (C=O) groups is 1. The van der Waals surface area contributed by atoms with Crippen LogP contribution in [0.5, 0.6) is 0 Å². The molecule has 0 N–H and O–H groups in total. The smallest absolute Gasteiger partial charge is 0.228 e. The van der Waals surface area contributed by atoms with Gasteiger partial charge in [-0.05, 0) is 40.8 Å². The number of hydrogen-bond donors (Lipinski definition) is 0. The Morgan fingerprint density at radius 2 is 2.20 bits per heavy atom. The normalized spacial score (nSPS) is 21.1. The lowest BCUT2D eigenvalue weighted by Gasteiger charge is -2.17. The fraction of sp³-hybridized carbons (Fsp3) is 0.300. The van der Waals surface area contributed by atoms with Gasteiger partial charge in [-0.15, -0.1) is 0 Å². The summed E-state index contributed by atoms with van der Waals surface area (Å²) in [7, 11) is 0. The van der Waals surface area contributed by atoms with Crippen molar-refractivity contribution in [2.75, 3.05) is 11.4 Å². The summed E-state index contributed by atoms with van der Waals surface area (Å²) in [6.07, 6.45) is 0.589. The Hall–Kier alpha value is 0.380. The topological polar surface area (TPSA) is 20.3 Å². The van der Waals surface area contributed by atoms with E-state index in [1.807, 2.05) is 23.1 Å². The van der Waals surface area contributed by atoms with Crippen molar-refractivity contribution in [3.05, 3.63) is 26.2 Å². The molecule has 1 aromatic rings. The number of alkyl halides is 1. The van der Waals surface area contributed by atoms with Crippen molar-refractivity contribution < 1.29 is 4.79 Å². The molecule has 1 atom stereocenters. The van der Waals surface area contributed by atoms with Crippen LogP contribution in [0, 0.1) is 3.57 Å². The molecule has 15 heavy (non-hydrogen) atoms. The molecule has 0 aromatic heterocycles. The van der Waals surface area contributed by atoms with E-state index >= 15 is 0 Å². The Balaban J connectivity index is 2.34. The van der Waals surface area contributed by atoms with E-state index in [9.17, 15) is 4.79 Å². The van der Waals surface area contributed by atoms with Gasteiger partial charge in [0.05, 0.1) is 5.69 Å². The highest BCUT2D eigenvalue weighted by Crippen LogP contribution is 2.30. The molecule has 0 bridgehead atoms. The van der Waals surface area contributed by atoms with Gasteiger partial charge in [-0.1, -0.05) is 31.9 Å². The van der Waals surface area contributed by atoms with Gasteiger partial charge >= 0.3 is 0 Å². The average molecular weight is 445 g/mol. The minimum absolute atomic E-state index is 0.192. The van der Waals surface area contributed by atoms with Crippen LogP contribution in [-0.2, 0) is 4.79 Å². The molecule has 0 radical (unpaired) electrons. The van der Waals surface area contributed by atoms with Crippen molar-refractivity contribution >= 4 is 66.0 Å². The molecule has 2 nitrogen and oxygen atoms in total. The summed E-state index contributed by atoms with van der Waals surface area (Å²) in [5.74, 6) is 0.192. The Morgan fingerprint density at radius 3 is 2.73 bits per heavy atom. The minimum Gasteiger partial charge on any atom is -0.310 e. The van der Waals surface area contributed by atoms with Gasteiger partial charge in [-0.3, -0.25) is 4.79 Å². The van der Waals surface area contributed by atoms with Crippen LogP contribution in [0.2, 0.25) is 0 Å². The van der Waals surface area contributed by atoms with Gasteiger partial charge in [0.1, 0.15) is 0 Å². The average Bonchev–Trinajstić information content (AvgIpc) is 2.45. The maximum Gasteiger partial charge on any atom is 0.228 e. The molecule has 1 unspecified atom stereocenters. The molecular formula is C10H8Br2INO. The van der Waals surface area contributed by atoms with E-state index < -0.39 is 0 Å². The van der Waals surface area contributed by atoms with Gasteiger partial charge < -0.3 is 4.90 Å². The highest BCUT2D eigenvalue weighted by molar-refractivity contribution is 14.1. The van der Waals surface area contributed by atoms with E-state index in [1.165, 1.54) is 0 Å². The van der Waals surface area contributed by atoms with E-state index in [0.29, 0.717) is 6.42 Å². The fourth-order valence-corrected chi connectivity index (χ4v) is 3.76. The van der Waals surface area contributed by atoms with Crippen molar-refractivity contribution in [3.8, 4) is 0 Å². The first-order valence-electron chi connectivity index (χ1n) is 4.47. The molecule has 0 spiro atoms. The lowest BCUT2D eigenvalue weighted by atomic mass is 10.3. The number of halogens is 3. The second kappa shape index (κ2) is 4.71. The predicted molar refractivity (Wildman–Crippen MR) is 76.5 cm³/mol. The van der Waals surface area contributed by atoms with Gasteiger partial charge in [0.25, 0.3) is 0 Å². The number of rotatable bonds is 1. The predicted octanol–water partition coefficient (Wildman–Crippen LogP) is 3.55. The van der Waals surface area contributed by atoms with E-state index in [1.54, 1.807) is 0 Å². The molecule has 1 heterocycles. The van der Waals surface area contributed by atoms with Crippen LogP contribution >= 0.6 is 54.5 Å². The van der Waals surface area contributed by atoms with Crippen molar-refractivity contribution in [1.29, 1.82) is 0 Å². The molecule has 0 saturated carbocycles. The van der Waals surface area contributed by atoms with Crippen LogP contribution in [0.1, 0.15) is 6.42 Å². The maximum absolute atomic E-state index is 11.7. The molecule has 1 aromatic carbocycles. The van der Waals surface area contributed by atoms with Crippen molar-refractivity contribution in [1.82, 2.24) is 0 Å². The number of benzene rings is 1. The Morgan fingerprint density at radius 1 is 1.47 bits per heavy atom.